The smallest absolute Gasteiger partial charge is 0.315 e. The molecule has 0 spiro atoms. The molecule has 0 unspecified atom stereocenters. The van der Waals surface area contributed by atoms with Crippen molar-refractivity contribution < 1.29 is 72.1 Å². The van der Waals surface area contributed by atoms with Crippen LogP contribution in [0, 0.1) is 23.7 Å². The molecular weight excluding hydrogens is 1110 g/mol. The predicted molar refractivity (Wildman–Crippen MR) is 305 cm³/mol. The minimum Gasteiger partial charge on any atom is -0.396 e. The van der Waals surface area contributed by atoms with Crippen molar-refractivity contribution in [3.8, 4) is 0 Å². The van der Waals surface area contributed by atoms with Crippen molar-refractivity contribution in [3.05, 3.63) is 30.1 Å². The first-order chi connectivity index (χ1) is 40.3. The highest BCUT2D eigenvalue weighted by Crippen LogP contribution is 2.33. The Balaban J connectivity index is 0.00000748. The van der Waals surface area contributed by atoms with Gasteiger partial charge in [0.1, 0.15) is 18.4 Å². The number of hydrogen-bond donors (Lipinski definition) is 10. The van der Waals surface area contributed by atoms with Crippen LogP contribution in [0.2, 0.25) is 0 Å². The van der Waals surface area contributed by atoms with Gasteiger partial charge in [-0.05, 0) is 44.4 Å². The first-order valence-electron chi connectivity index (χ1n) is 29.0. The largest absolute Gasteiger partial charge is 0.396 e. The maximum Gasteiger partial charge on any atom is 0.315 e. The molecule has 12 N–H and O–H groups in total. The van der Waals surface area contributed by atoms with E-state index in [1.54, 1.807) is 20.0 Å². The number of carbonyl (C=O) groups is 11. The lowest BCUT2D eigenvalue weighted by atomic mass is 9.88. The Labute approximate surface area is 493 Å². The van der Waals surface area contributed by atoms with Crippen molar-refractivity contribution in [1.29, 1.82) is 0 Å². The summed E-state index contributed by atoms with van der Waals surface area (Å²) in [4.78, 5) is 151. The zero-order valence-electron chi connectivity index (χ0n) is 48.7. The quantitative estimate of drug-likeness (QED) is 0.0416. The van der Waals surface area contributed by atoms with Gasteiger partial charge in [-0.1, -0.05) is 39.3 Å². The van der Waals surface area contributed by atoms with Crippen molar-refractivity contribution in [2.75, 3.05) is 58.5 Å². The molecule has 2 aromatic heterocycles. The maximum absolute atomic E-state index is 14.1. The summed E-state index contributed by atoms with van der Waals surface area (Å²) in [5.74, 6) is -10.2. The van der Waals surface area contributed by atoms with Gasteiger partial charge >= 0.3 is 6.03 Å². The van der Waals surface area contributed by atoms with Crippen molar-refractivity contribution in [3.63, 3.8) is 0 Å². The van der Waals surface area contributed by atoms with Crippen LogP contribution in [0.3, 0.4) is 0 Å². The molecule has 8 amide bonds. The molecule has 28 nitrogen and oxygen atoms in total. The third-order valence-electron chi connectivity index (χ3n) is 14.3. The fourth-order valence-electron chi connectivity index (χ4n) is 9.82. The predicted octanol–water partition coefficient (Wildman–Crippen LogP) is -0.573. The molecule has 0 aromatic carbocycles. The van der Waals surface area contributed by atoms with Crippen LogP contribution in [0.5, 0.6) is 0 Å². The van der Waals surface area contributed by atoms with Gasteiger partial charge in [-0.15, -0.1) is 5.10 Å². The number of aromatic nitrogens is 5. The van der Waals surface area contributed by atoms with Crippen LogP contribution in [0.15, 0.2) is 18.7 Å². The topological polar surface area (TPSA) is 419 Å². The lowest BCUT2D eigenvalue weighted by Crippen LogP contribution is -2.51. The average molecular weight is 1200 g/mol. The lowest BCUT2D eigenvalue weighted by molar-refractivity contribution is -0.137. The van der Waals surface area contributed by atoms with Crippen LogP contribution in [0.4, 0.5) is 4.79 Å². The van der Waals surface area contributed by atoms with Gasteiger partial charge in [-0.3, -0.25) is 52.6 Å². The van der Waals surface area contributed by atoms with Crippen LogP contribution in [-0.4, -0.2) is 189 Å². The van der Waals surface area contributed by atoms with E-state index >= 15 is 0 Å². The number of ether oxygens (including phenoxy) is 3. The number of rotatable bonds is 26. The summed E-state index contributed by atoms with van der Waals surface area (Å²) in [5, 5.41) is 35.1. The van der Waals surface area contributed by atoms with Crippen molar-refractivity contribution in [1.82, 2.24) is 56.9 Å². The Bertz CT molecular complexity index is 2480. The molecule has 2 bridgehead atoms. The van der Waals surface area contributed by atoms with E-state index in [0.717, 1.165) is 25.0 Å². The Morgan fingerprint density at radius 2 is 1.48 bits per heavy atom. The van der Waals surface area contributed by atoms with Crippen molar-refractivity contribution in [2.45, 2.75) is 166 Å². The fraction of sp³-hybridized carbons (Fsp3) is 0.709. The minimum absolute atomic E-state index is 0.0217. The molecule has 0 aliphatic carbocycles. The first kappa shape index (κ1) is 69.8. The highest BCUT2D eigenvalue weighted by atomic mass is 32.2. The van der Waals surface area contributed by atoms with Gasteiger partial charge in [0.2, 0.25) is 35.4 Å². The number of aromatic amines is 1. The van der Waals surface area contributed by atoms with E-state index in [4.69, 9.17) is 25.7 Å². The Kier molecular flexibility index (Phi) is 31.2. The van der Waals surface area contributed by atoms with Crippen molar-refractivity contribution in [2.24, 2.45) is 35.1 Å². The number of nitrogens with zero attached hydrogens (tertiary/aromatic N) is 4. The van der Waals surface area contributed by atoms with E-state index in [2.05, 4.69) is 52.2 Å². The number of nitrogens with one attached hydrogen (secondary N) is 7. The van der Waals surface area contributed by atoms with Crippen LogP contribution in [-0.2, 0) is 81.5 Å². The average Bonchev–Trinajstić information content (AvgIpc) is 4.31. The fourth-order valence-corrected chi connectivity index (χ4v) is 11.4. The third kappa shape index (κ3) is 24.9. The molecule has 3 aliphatic rings. The van der Waals surface area contributed by atoms with E-state index in [1.165, 1.54) is 17.2 Å². The number of aryl methyl sites for hydroxylation is 1. The summed E-state index contributed by atoms with van der Waals surface area (Å²) < 4.78 is 18.2. The first-order valence-corrected chi connectivity index (χ1v) is 30.1. The number of H-pyrrole nitrogens is 1. The molecular formula is C55H87N13O15S. The van der Waals surface area contributed by atoms with Gasteiger partial charge in [0, 0.05) is 87.2 Å². The number of fused-ring (bicyclic) bond motifs is 3. The molecule has 5 rings (SSSR count). The second kappa shape index (κ2) is 37.6. The molecule has 5 heterocycles. The molecule has 0 radical (unpaired) electrons. The number of Topliss-reactive ketones (excluding diaryl/α,β-unsaturated/α-hetero) is 4. The monoisotopic (exact) mass is 1200 g/mol. The number of hydrogen-bond acceptors (Lipinski definition) is 19. The normalized spacial score (nSPS) is 24.3. The molecule has 84 heavy (non-hydrogen) atoms. The van der Waals surface area contributed by atoms with Gasteiger partial charge in [-0.2, -0.15) is 11.8 Å². The molecule has 2 saturated heterocycles. The van der Waals surface area contributed by atoms with E-state index in [1.807, 2.05) is 25.6 Å². The summed E-state index contributed by atoms with van der Waals surface area (Å²) in [5.41, 5.74) is 11.9. The molecule has 29 heteroatoms. The van der Waals surface area contributed by atoms with Gasteiger partial charge in [0.15, 0.2) is 17.3 Å². The Morgan fingerprint density at radius 1 is 0.774 bits per heavy atom. The van der Waals surface area contributed by atoms with Gasteiger partial charge in [0.25, 0.3) is 0 Å². The van der Waals surface area contributed by atoms with E-state index in [0.29, 0.717) is 49.7 Å². The molecule has 3 aliphatic heterocycles. The maximum atomic E-state index is 14.1. The summed E-state index contributed by atoms with van der Waals surface area (Å²) in [7, 11) is 0. The number of aliphatic hydroxyl groups is 1. The number of thioether (sulfide) groups is 1. The number of ketones is 4. The summed E-state index contributed by atoms with van der Waals surface area (Å²) in [6.07, 6.45) is 7.04. The Morgan fingerprint density at radius 3 is 2.17 bits per heavy atom. The number of carbonyl (C=O) groups excluding carboxylic acids is 11. The summed E-state index contributed by atoms with van der Waals surface area (Å²) in [6, 6.07) is -3.70. The highest BCUT2D eigenvalue weighted by molar-refractivity contribution is 8.00. The molecule has 9 atom stereocenters. The van der Waals surface area contributed by atoms with E-state index < -0.39 is 140 Å². The van der Waals surface area contributed by atoms with Gasteiger partial charge in [-0.25, -0.2) is 9.78 Å². The van der Waals surface area contributed by atoms with Crippen LogP contribution in [0.1, 0.15) is 123 Å². The van der Waals surface area contributed by atoms with Crippen molar-refractivity contribution >= 4 is 76.4 Å². The van der Waals surface area contributed by atoms with Gasteiger partial charge < -0.3 is 67.7 Å². The number of amides is 8. The lowest BCUT2D eigenvalue weighted by Gasteiger charge is -2.26. The molecule has 468 valence electrons. The number of nitrogens with two attached hydrogens (primary N) is 2. The van der Waals surface area contributed by atoms with Crippen LogP contribution >= 0.6 is 11.8 Å². The zero-order valence-corrected chi connectivity index (χ0v) is 49.5. The van der Waals surface area contributed by atoms with E-state index in [-0.39, 0.29) is 81.8 Å². The second-order valence-corrected chi connectivity index (χ2v) is 22.6. The number of primary amides is 2. The molecule has 2 aromatic rings. The number of unbranched alkanes of at least 4 members (excludes halogenated alkanes) is 1. The zero-order chi connectivity index (χ0) is 61.6. The highest BCUT2D eigenvalue weighted by Gasteiger charge is 2.43. The second-order valence-electron chi connectivity index (χ2n) is 21.3. The molecule has 2 fully saturated rings. The number of aliphatic hydroxyl groups excluding tert-OH is 1. The summed E-state index contributed by atoms with van der Waals surface area (Å²) >= 11 is 1.86. The molecule has 0 saturated carbocycles. The standard InChI is InChI=1S/C53H81N13O15S.C2H6/c1-31(2)47-43(71)21-33(18-35-24-56-30-58-35)50(75)57-25-46(73)59-39(49(55)74)10-5-6-12-66-26-36(64-65-66)19-32(51(76)60-40(23-45(54)72)42(70)22-34(27-67)52(77)62-47)20-38(69)28-81-17-16-80-15-14-79-13-7-9-37(68)8-3-4-11-44-48-41(29-82-44)61-53(78)63-48;1-2/h24,26,30-34,39-41,44,47-48,67H,3-23,25,27-29H2,1-2H3,(H2,54,72)(H2,55,74)(H,56,58)(H,57,75)(H,59,73)(H,60,76)(H,62,77)(H2,61,63,78);1-2H3/t32-,33+,34-,39+,40-,41-,44-,47-,48-;/m1./s1. The number of imidazole rings is 1. The van der Waals surface area contributed by atoms with E-state index in [9.17, 15) is 57.8 Å². The van der Waals surface area contributed by atoms with Crippen LogP contribution in [0.25, 0.3) is 0 Å². The number of urea groups is 1. The van der Waals surface area contributed by atoms with Crippen LogP contribution < -0.4 is 43.4 Å². The SMILES string of the molecule is CC.CC(C)[C@H]1NC(=O)[C@@H](CO)CC(=O)[C@@H](CC(N)=O)NC(=O)[C@@H](CC(=O)COCCOCCOCCCC(=O)CCCC[C@H]2SC[C@H]3NC(=O)N[C@H]32)Cc2cn(nn2)CCCC[C@@H](C(N)=O)NC(=O)CNC(=O)[C@@H](Cc2cnc[nH]2)CC1=O. The third-order valence-corrected chi connectivity index (χ3v) is 15.8. The minimum atomic E-state index is -1.61. The Hall–Kier alpha value is -6.69. The van der Waals surface area contributed by atoms with Gasteiger partial charge in [0.05, 0.1) is 99.9 Å². The summed E-state index contributed by atoms with van der Waals surface area (Å²) in [6.45, 7) is 6.71.